The van der Waals surface area contributed by atoms with Gasteiger partial charge in [-0.1, -0.05) is 29.3 Å². The van der Waals surface area contributed by atoms with Gasteiger partial charge in [0.05, 0.1) is 21.3 Å². The van der Waals surface area contributed by atoms with Crippen molar-refractivity contribution in [1.82, 2.24) is 25.1 Å². The molecular weight excluding hydrogens is 465 g/mol. The Kier molecular flexibility index (Phi) is 6.04. The van der Waals surface area contributed by atoms with Gasteiger partial charge in [0.1, 0.15) is 17.3 Å². The molecule has 0 saturated carbocycles. The fourth-order valence-electron chi connectivity index (χ4n) is 3.68. The fraction of sp³-hybridized carbons (Fsp3) is 0.217. The molecule has 0 saturated heterocycles. The van der Waals surface area contributed by atoms with Gasteiger partial charge < -0.3 is 4.74 Å². The number of nitrogens with one attached hydrogen (secondary N) is 1. The number of nitrogens with zero attached hydrogens (tertiary/aromatic N) is 4. The number of rotatable bonds is 5. The highest BCUT2D eigenvalue weighted by atomic mass is 35.5. The Morgan fingerprint density at radius 3 is 2.66 bits per heavy atom. The quantitative estimate of drug-likeness (QED) is 0.354. The van der Waals surface area contributed by atoms with E-state index >= 15 is 0 Å². The van der Waals surface area contributed by atoms with Gasteiger partial charge in [-0.3, -0.25) is 15.1 Å². The zero-order chi connectivity index (χ0) is 22.1. The van der Waals surface area contributed by atoms with E-state index in [-0.39, 0.29) is 0 Å². The molecule has 4 aromatic heterocycles. The van der Waals surface area contributed by atoms with Crippen LogP contribution in [0.3, 0.4) is 0 Å². The van der Waals surface area contributed by atoms with Crippen molar-refractivity contribution in [3.8, 4) is 17.1 Å². The molecule has 0 fully saturated rings. The molecule has 0 aromatic carbocycles. The third kappa shape index (κ3) is 4.20. The fourth-order valence-corrected chi connectivity index (χ4v) is 5.20. The molecule has 0 bridgehead atoms. The van der Waals surface area contributed by atoms with Crippen LogP contribution in [0.2, 0.25) is 10.0 Å². The molecule has 1 aliphatic rings. The number of fused-ring (bicyclic) bond motifs is 1. The molecule has 4 aromatic rings. The minimum Gasteiger partial charge on any atom is -0.470 e. The molecule has 0 aliphatic carbocycles. The summed E-state index contributed by atoms with van der Waals surface area (Å²) < 4.78 is 6.05. The molecule has 0 radical (unpaired) electrons. The van der Waals surface area contributed by atoms with Crippen LogP contribution in [-0.4, -0.2) is 36.7 Å². The van der Waals surface area contributed by atoms with Crippen LogP contribution < -0.4 is 4.74 Å². The Bertz CT molecular complexity index is 1290. The Morgan fingerprint density at radius 2 is 1.94 bits per heavy atom. The van der Waals surface area contributed by atoms with Gasteiger partial charge in [-0.2, -0.15) is 16.9 Å². The van der Waals surface area contributed by atoms with Crippen LogP contribution in [0.4, 0.5) is 0 Å². The zero-order valence-corrected chi connectivity index (χ0v) is 19.5. The highest BCUT2D eigenvalue weighted by Gasteiger charge is 2.18. The normalized spacial score (nSPS) is 14.9. The molecular formula is C23H19Cl2N5OS. The van der Waals surface area contributed by atoms with Gasteiger partial charge in [0.2, 0.25) is 5.88 Å². The average Bonchev–Trinajstić information content (AvgIpc) is 3.23. The van der Waals surface area contributed by atoms with E-state index in [0.29, 0.717) is 27.0 Å². The number of hydrogen-bond acceptors (Lipinski definition) is 6. The second-order valence-electron chi connectivity index (χ2n) is 7.38. The van der Waals surface area contributed by atoms with Crippen LogP contribution in [0.1, 0.15) is 30.7 Å². The van der Waals surface area contributed by atoms with Gasteiger partial charge in [-0.25, -0.2) is 4.98 Å². The van der Waals surface area contributed by atoms with E-state index in [2.05, 4.69) is 31.2 Å². The molecule has 162 valence electrons. The van der Waals surface area contributed by atoms with Crippen LogP contribution in [0.5, 0.6) is 5.88 Å². The number of halogens is 2. The lowest BCUT2D eigenvalue weighted by Gasteiger charge is -2.16. The molecule has 1 aliphatic heterocycles. The number of thioether (sulfide) groups is 1. The predicted molar refractivity (Wildman–Crippen MR) is 130 cm³/mol. The number of allylic oxidation sites excluding steroid dienone is 1. The largest absolute Gasteiger partial charge is 0.470 e. The van der Waals surface area contributed by atoms with Crippen LogP contribution in [0.15, 0.2) is 48.9 Å². The van der Waals surface area contributed by atoms with Gasteiger partial charge in [-0.15, -0.1) is 0 Å². The summed E-state index contributed by atoms with van der Waals surface area (Å²) in [6, 6.07) is 7.77. The summed E-state index contributed by atoms with van der Waals surface area (Å²) in [5, 5.41) is 8.40. The maximum absolute atomic E-state index is 6.27. The van der Waals surface area contributed by atoms with Crippen LogP contribution >= 0.6 is 35.0 Å². The van der Waals surface area contributed by atoms with Gasteiger partial charge in [0.15, 0.2) is 0 Å². The highest BCUT2D eigenvalue weighted by Crippen LogP contribution is 2.33. The number of aromatic amines is 1. The first-order valence-electron chi connectivity index (χ1n) is 10.1. The molecule has 0 unspecified atom stereocenters. The van der Waals surface area contributed by atoms with E-state index in [1.165, 1.54) is 5.57 Å². The van der Waals surface area contributed by atoms with Crippen molar-refractivity contribution in [3.63, 3.8) is 0 Å². The molecule has 32 heavy (non-hydrogen) atoms. The highest BCUT2D eigenvalue weighted by molar-refractivity contribution is 7.99. The van der Waals surface area contributed by atoms with Crippen molar-refractivity contribution >= 4 is 51.6 Å². The SMILES string of the molecule is C[C@@H](Oc1ccc2[nH]nc(-c3ccc(C4=CCSCC4)nc3)c2n1)c1c(Cl)cncc1Cl. The zero-order valence-electron chi connectivity index (χ0n) is 17.2. The van der Waals surface area contributed by atoms with Crippen molar-refractivity contribution in [3.05, 3.63) is 70.2 Å². The molecule has 0 amide bonds. The number of ether oxygens (including phenoxy) is 1. The smallest absolute Gasteiger partial charge is 0.214 e. The molecule has 5 heterocycles. The Morgan fingerprint density at radius 1 is 1.09 bits per heavy atom. The summed E-state index contributed by atoms with van der Waals surface area (Å²) in [5.74, 6) is 2.63. The lowest BCUT2D eigenvalue weighted by Crippen LogP contribution is -2.06. The third-order valence-electron chi connectivity index (χ3n) is 5.31. The van der Waals surface area contributed by atoms with Gasteiger partial charge in [0, 0.05) is 41.5 Å². The van der Waals surface area contributed by atoms with E-state index < -0.39 is 6.10 Å². The second kappa shape index (κ2) is 9.10. The first-order chi connectivity index (χ1) is 15.6. The third-order valence-corrected chi connectivity index (χ3v) is 6.80. The van der Waals surface area contributed by atoms with Crippen LogP contribution in [-0.2, 0) is 0 Å². The van der Waals surface area contributed by atoms with Crippen molar-refractivity contribution in [1.29, 1.82) is 0 Å². The Labute approximate surface area is 199 Å². The summed E-state index contributed by atoms with van der Waals surface area (Å²) in [5.41, 5.74) is 6.15. The number of aromatic nitrogens is 5. The standard InChI is InChI=1S/C23H19Cl2N5OS/c1-13(21-16(24)11-26-12-17(21)25)31-20-5-4-19-23(28-20)22(30-29-19)15-2-3-18(27-10-15)14-6-8-32-9-7-14/h2-6,10-13H,7-9H2,1H3,(H,29,30)/t13-/m1/s1. The van der Waals surface area contributed by atoms with Crippen molar-refractivity contribution in [2.24, 2.45) is 0 Å². The van der Waals surface area contributed by atoms with Gasteiger partial charge in [-0.05, 0) is 42.9 Å². The minimum atomic E-state index is -0.402. The Hall–Kier alpha value is -2.61. The molecule has 1 N–H and O–H groups in total. The second-order valence-corrected chi connectivity index (χ2v) is 9.35. The van der Waals surface area contributed by atoms with E-state index in [0.717, 1.165) is 40.4 Å². The summed E-state index contributed by atoms with van der Waals surface area (Å²) in [6.45, 7) is 1.87. The van der Waals surface area contributed by atoms with Crippen LogP contribution in [0.25, 0.3) is 27.9 Å². The lowest BCUT2D eigenvalue weighted by molar-refractivity contribution is 0.218. The molecule has 0 spiro atoms. The first-order valence-corrected chi connectivity index (χ1v) is 12.1. The predicted octanol–water partition coefficient (Wildman–Crippen LogP) is 6.38. The van der Waals surface area contributed by atoms with Crippen LogP contribution in [0, 0.1) is 0 Å². The summed E-state index contributed by atoms with van der Waals surface area (Å²) in [6.07, 6.45) is 7.85. The van der Waals surface area contributed by atoms with E-state index in [4.69, 9.17) is 27.9 Å². The maximum atomic E-state index is 6.27. The molecule has 5 rings (SSSR count). The summed E-state index contributed by atoms with van der Waals surface area (Å²) >= 11 is 14.5. The first kappa shape index (κ1) is 21.2. The van der Waals surface area contributed by atoms with E-state index in [1.54, 1.807) is 18.5 Å². The molecule has 9 heteroatoms. The monoisotopic (exact) mass is 483 g/mol. The minimum absolute atomic E-state index is 0.402. The Balaban J connectivity index is 1.43. The maximum Gasteiger partial charge on any atom is 0.214 e. The average molecular weight is 484 g/mol. The number of hydrogen-bond donors (Lipinski definition) is 1. The van der Waals surface area contributed by atoms with Crippen molar-refractivity contribution in [2.45, 2.75) is 19.4 Å². The summed E-state index contributed by atoms with van der Waals surface area (Å²) in [4.78, 5) is 13.3. The van der Waals surface area contributed by atoms with E-state index in [1.807, 2.05) is 43.1 Å². The number of pyridine rings is 3. The van der Waals surface area contributed by atoms with E-state index in [9.17, 15) is 0 Å². The lowest BCUT2D eigenvalue weighted by atomic mass is 10.1. The van der Waals surface area contributed by atoms with Crippen molar-refractivity contribution in [2.75, 3.05) is 11.5 Å². The topological polar surface area (TPSA) is 76.6 Å². The summed E-state index contributed by atoms with van der Waals surface area (Å²) in [7, 11) is 0. The number of H-pyrrole nitrogens is 1. The van der Waals surface area contributed by atoms with Gasteiger partial charge >= 0.3 is 0 Å². The van der Waals surface area contributed by atoms with Gasteiger partial charge in [0.25, 0.3) is 0 Å². The van der Waals surface area contributed by atoms with Crippen molar-refractivity contribution < 1.29 is 4.74 Å². The molecule has 1 atom stereocenters. The molecule has 6 nitrogen and oxygen atoms in total.